The number of fused-ring (bicyclic) bond motifs is 1. The monoisotopic (exact) mass is 342 g/mol. The summed E-state index contributed by atoms with van der Waals surface area (Å²) in [5.74, 6) is 1.17. The van der Waals surface area contributed by atoms with Crippen LogP contribution < -0.4 is 19.5 Å². The van der Waals surface area contributed by atoms with Gasteiger partial charge in [0.15, 0.2) is 11.5 Å². The van der Waals surface area contributed by atoms with E-state index in [0.717, 1.165) is 18.2 Å². The molecule has 0 aliphatic carbocycles. The first-order valence-electron chi connectivity index (χ1n) is 7.49. The van der Waals surface area contributed by atoms with Gasteiger partial charge in [0.2, 0.25) is 15.9 Å². The minimum Gasteiger partial charge on any atom is -0.490 e. The molecule has 1 heterocycles. The summed E-state index contributed by atoms with van der Waals surface area (Å²) in [6, 6.07) is 5.37. The first-order valence-corrected chi connectivity index (χ1v) is 9.38. The third-order valence-corrected chi connectivity index (χ3v) is 4.09. The molecule has 1 aliphatic rings. The summed E-state index contributed by atoms with van der Waals surface area (Å²) in [5.41, 5.74) is 0.902. The molecular formula is C15H22N2O5S. The summed E-state index contributed by atoms with van der Waals surface area (Å²) in [4.78, 5) is 11.9. The lowest BCUT2D eigenvalue weighted by atomic mass is 10.1. The number of ether oxygens (including phenoxy) is 2. The van der Waals surface area contributed by atoms with Crippen LogP contribution >= 0.6 is 0 Å². The van der Waals surface area contributed by atoms with Crippen LogP contribution in [0.15, 0.2) is 18.2 Å². The lowest BCUT2D eigenvalue weighted by Gasteiger charge is -2.16. The van der Waals surface area contributed by atoms with E-state index in [0.29, 0.717) is 24.7 Å². The Morgan fingerprint density at radius 1 is 1.26 bits per heavy atom. The zero-order chi connectivity index (χ0) is 16.9. The van der Waals surface area contributed by atoms with E-state index in [9.17, 15) is 13.2 Å². The molecule has 0 saturated carbocycles. The Bertz CT molecular complexity index is 660. The van der Waals surface area contributed by atoms with Crippen molar-refractivity contribution in [1.29, 1.82) is 0 Å². The minimum absolute atomic E-state index is 0.0819. The van der Waals surface area contributed by atoms with Crippen LogP contribution in [0.3, 0.4) is 0 Å². The molecule has 0 aromatic heterocycles. The summed E-state index contributed by atoms with van der Waals surface area (Å²) in [6.07, 6.45) is 1.98. The highest BCUT2D eigenvalue weighted by Crippen LogP contribution is 2.32. The van der Waals surface area contributed by atoms with Gasteiger partial charge in [0.1, 0.15) is 0 Å². The van der Waals surface area contributed by atoms with E-state index in [2.05, 4.69) is 10.0 Å². The number of amides is 1. The lowest BCUT2D eigenvalue weighted by Crippen LogP contribution is -2.31. The molecule has 1 aromatic rings. The molecule has 23 heavy (non-hydrogen) atoms. The van der Waals surface area contributed by atoms with Crippen molar-refractivity contribution in [2.75, 3.05) is 26.0 Å². The molecule has 1 atom stereocenters. The van der Waals surface area contributed by atoms with Crippen molar-refractivity contribution < 1.29 is 22.7 Å². The normalized spacial score (nSPS) is 15.6. The standard InChI is InChI=1S/C15H22N2O5S/c1-11(17-15(18)6-7-16-23(2,19)20)12-4-5-13-14(10-12)22-9-3-8-21-13/h4-5,10-11,16H,3,6-9H2,1-2H3,(H,17,18)/t11-/m0/s1. The third-order valence-electron chi connectivity index (χ3n) is 3.37. The fourth-order valence-electron chi connectivity index (χ4n) is 2.20. The lowest BCUT2D eigenvalue weighted by molar-refractivity contribution is -0.121. The number of hydrogen-bond donors (Lipinski definition) is 2. The second-order valence-corrected chi connectivity index (χ2v) is 7.30. The second kappa shape index (κ2) is 7.65. The predicted octanol–water partition coefficient (Wildman–Crippen LogP) is 0.964. The molecule has 0 saturated heterocycles. The van der Waals surface area contributed by atoms with Gasteiger partial charge < -0.3 is 14.8 Å². The van der Waals surface area contributed by atoms with E-state index in [1.54, 1.807) is 0 Å². The van der Waals surface area contributed by atoms with E-state index in [4.69, 9.17) is 9.47 Å². The van der Waals surface area contributed by atoms with Crippen molar-refractivity contribution in [3.8, 4) is 11.5 Å². The Labute approximate surface area is 136 Å². The summed E-state index contributed by atoms with van der Waals surface area (Å²) in [6.45, 7) is 3.18. The highest BCUT2D eigenvalue weighted by atomic mass is 32.2. The zero-order valence-electron chi connectivity index (χ0n) is 13.3. The third kappa shape index (κ3) is 5.72. The number of hydrogen-bond acceptors (Lipinski definition) is 5. The van der Waals surface area contributed by atoms with Gasteiger partial charge in [-0.2, -0.15) is 0 Å². The van der Waals surface area contributed by atoms with Crippen LogP contribution in [0.2, 0.25) is 0 Å². The maximum Gasteiger partial charge on any atom is 0.221 e. The average Bonchev–Trinajstić information content (AvgIpc) is 2.70. The molecule has 1 aliphatic heterocycles. The Morgan fingerprint density at radius 2 is 1.96 bits per heavy atom. The number of rotatable bonds is 6. The van der Waals surface area contributed by atoms with E-state index in [1.807, 2.05) is 25.1 Å². The molecule has 128 valence electrons. The zero-order valence-corrected chi connectivity index (χ0v) is 14.1. The number of carbonyl (C=O) groups excluding carboxylic acids is 1. The number of nitrogens with one attached hydrogen (secondary N) is 2. The molecule has 2 N–H and O–H groups in total. The minimum atomic E-state index is -3.27. The summed E-state index contributed by atoms with van der Waals surface area (Å²) in [5, 5.41) is 2.83. The number of benzene rings is 1. The molecule has 0 bridgehead atoms. The first kappa shape index (κ1) is 17.6. The molecule has 8 heteroatoms. The molecular weight excluding hydrogens is 320 g/mol. The van der Waals surface area contributed by atoms with Crippen LogP contribution in [0.25, 0.3) is 0 Å². The average molecular weight is 342 g/mol. The maximum atomic E-state index is 11.9. The molecule has 0 unspecified atom stereocenters. The summed E-state index contributed by atoms with van der Waals surface area (Å²) < 4.78 is 35.4. The Balaban J connectivity index is 1.91. The first-order chi connectivity index (χ1) is 10.8. The highest BCUT2D eigenvalue weighted by Gasteiger charge is 2.15. The molecule has 0 radical (unpaired) electrons. The quantitative estimate of drug-likeness (QED) is 0.803. The predicted molar refractivity (Wildman–Crippen MR) is 86.1 cm³/mol. The van der Waals surface area contributed by atoms with Gasteiger partial charge in [-0.25, -0.2) is 13.1 Å². The largest absolute Gasteiger partial charge is 0.490 e. The Hall–Kier alpha value is -1.80. The van der Waals surface area contributed by atoms with Crippen LogP contribution in [-0.4, -0.2) is 40.3 Å². The van der Waals surface area contributed by atoms with E-state index < -0.39 is 10.0 Å². The topological polar surface area (TPSA) is 93.7 Å². The van der Waals surface area contributed by atoms with Gasteiger partial charge in [-0.05, 0) is 24.6 Å². The van der Waals surface area contributed by atoms with E-state index in [-0.39, 0.29) is 24.9 Å². The molecule has 0 spiro atoms. The van der Waals surface area contributed by atoms with Gasteiger partial charge in [-0.15, -0.1) is 0 Å². The van der Waals surface area contributed by atoms with Gasteiger partial charge >= 0.3 is 0 Å². The molecule has 1 aromatic carbocycles. The van der Waals surface area contributed by atoms with Crippen molar-refractivity contribution in [1.82, 2.24) is 10.0 Å². The van der Waals surface area contributed by atoms with Crippen LogP contribution in [-0.2, 0) is 14.8 Å². The van der Waals surface area contributed by atoms with Crippen LogP contribution in [0.5, 0.6) is 11.5 Å². The fraction of sp³-hybridized carbons (Fsp3) is 0.533. The maximum absolute atomic E-state index is 11.9. The second-order valence-electron chi connectivity index (χ2n) is 5.46. The van der Waals surface area contributed by atoms with Crippen LogP contribution in [0.4, 0.5) is 0 Å². The highest BCUT2D eigenvalue weighted by molar-refractivity contribution is 7.88. The van der Waals surface area contributed by atoms with Gasteiger partial charge in [0, 0.05) is 19.4 Å². The van der Waals surface area contributed by atoms with Crippen LogP contribution in [0, 0.1) is 0 Å². The smallest absolute Gasteiger partial charge is 0.221 e. The molecule has 1 amide bonds. The van der Waals surface area contributed by atoms with Crippen molar-refractivity contribution in [2.24, 2.45) is 0 Å². The molecule has 2 rings (SSSR count). The van der Waals surface area contributed by atoms with Gasteiger partial charge in [0.05, 0.1) is 25.5 Å². The summed E-state index contributed by atoms with van der Waals surface area (Å²) >= 11 is 0. The van der Waals surface area contributed by atoms with E-state index >= 15 is 0 Å². The van der Waals surface area contributed by atoms with Crippen molar-refractivity contribution in [2.45, 2.75) is 25.8 Å². The Morgan fingerprint density at radius 3 is 2.65 bits per heavy atom. The van der Waals surface area contributed by atoms with Gasteiger partial charge in [-0.1, -0.05) is 6.07 Å². The van der Waals surface area contributed by atoms with Crippen molar-refractivity contribution in [3.05, 3.63) is 23.8 Å². The Kier molecular flexibility index (Phi) is 5.84. The number of carbonyl (C=O) groups is 1. The fourth-order valence-corrected chi connectivity index (χ4v) is 2.67. The van der Waals surface area contributed by atoms with Crippen molar-refractivity contribution in [3.63, 3.8) is 0 Å². The van der Waals surface area contributed by atoms with Crippen molar-refractivity contribution >= 4 is 15.9 Å². The van der Waals surface area contributed by atoms with Crippen LogP contribution in [0.1, 0.15) is 31.4 Å². The molecule has 0 fully saturated rings. The molecule has 7 nitrogen and oxygen atoms in total. The SMILES string of the molecule is C[C@H](NC(=O)CCNS(C)(=O)=O)c1ccc2c(c1)OCCCO2. The van der Waals surface area contributed by atoms with Gasteiger partial charge in [-0.3, -0.25) is 4.79 Å². The number of sulfonamides is 1. The summed E-state index contributed by atoms with van der Waals surface area (Å²) in [7, 11) is -3.27. The van der Waals surface area contributed by atoms with E-state index in [1.165, 1.54) is 0 Å². The van der Waals surface area contributed by atoms with Gasteiger partial charge in [0.25, 0.3) is 0 Å².